The first-order valence-electron chi connectivity index (χ1n) is 7.59. The van der Waals surface area contributed by atoms with Crippen LogP contribution in [0.4, 0.5) is 0 Å². The van der Waals surface area contributed by atoms with E-state index >= 15 is 0 Å². The van der Waals surface area contributed by atoms with E-state index in [1.54, 1.807) is 7.05 Å². The Morgan fingerprint density at radius 2 is 1.77 bits per heavy atom. The quantitative estimate of drug-likeness (QED) is 0.871. The maximum atomic E-state index is 12.4. The second-order valence-corrected chi connectivity index (χ2v) is 8.20. The third-order valence-electron chi connectivity index (χ3n) is 4.37. The van der Waals surface area contributed by atoms with Crippen molar-refractivity contribution in [2.24, 2.45) is 11.8 Å². The van der Waals surface area contributed by atoms with Gasteiger partial charge in [-0.1, -0.05) is 30.3 Å². The molecule has 22 heavy (non-hydrogen) atoms. The van der Waals surface area contributed by atoms with Crippen molar-refractivity contribution in [3.05, 3.63) is 35.9 Å². The highest BCUT2D eigenvalue weighted by Gasteiger charge is 2.30. The average molecular weight is 325 g/mol. The zero-order valence-electron chi connectivity index (χ0n) is 12.8. The lowest BCUT2D eigenvalue weighted by Crippen LogP contribution is -2.33. The number of benzene rings is 1. The Hall–Kier alpha value is -1.40. The van der Waals surface area contributed by atoms with Crippen molar-refractivity contribution in [3.63, 3.8) is 0 Å². The van der Waals surface area contributed by atoms with E-state index in [1.165, 1.54) is 4.31 Å². The molecular formula is C16H23NO4S. The van der Waals surface area contributed by atoms with Crippen LogP contribution in [0.15, 0.2) is 30.3 Å². The Kier molecular flexibility index (Phi) is 5.58. The van der Waals surface area contributed by atoms with Crippen LogP contribution in [0.3, 0.4) is 0 Å². The number of sulfonamides is 1. The maximum absolute atomic E-state index is 12.4. The molecule has 1 fully saturated rings. The van der Waals surface area contributed by atoms with Crippen LogP contribution in [-0.2, 0) is 21.4 Å². The molecule has 0 aliphatic heterocycles. The van der Waals surface area contributed by atoms with Gasteiger partial charge in [-0.25, -0.2) is 12.7 Å². The predicted molar refractivity (Wildman–Crippen MR) is 84.8 cm³/mol. The number of carboxylic acids is 1. The monoisotopic (exact) mass is 325 g/mol. The molecule has 0 spiro atoms. The zero-order valence-corrected chi connectivity index (χ0v) is 13.6. The van der Waals surface area contributed by atoms with Crippen LogP contribution in [0.5, 0.6) is 0 Å². The summed E-state index contributed by atoms with van der Waals surface area (Å²) in [4.78, 5) is 10.9. The molecule has 6 heteroatoms. The molecule has 1 N–H and O–H groups in total. The number of carboxylic acid groups (broad SMARTS) is 1. The van der Waals surface area contributed by atoms with Gasteiger partial charge >= 0.3 is 5.97 Å². The molecule has 122 valence electrons. The van der Waals surface area contributed by atoms with E-state index in [0.717, 1.165) is 5.56 Å². The number of aliphatic carboxylic acids is 1. The summed E-state index contributed by atoms with van der Waals surface area (Å²) in [5, 5.41) is 8.98. The van der Waals surface area contributed by atoms with Crippen LogP contribution in [0, 0.1) is 11.8 Å². The minimum absolute atomic E-state index is 0.0684. The van der Waals surface area contributed by atoms with E-state index in [0.29, 0.717) is 32.2 Å². The van der Waals surface area contributed by atoms with Crippen LogP contribution in [-0.4, -0.2) is 36.6 Å². The summed E-state index contributed by atoms with van der Waals surface area (Å²) in [6.07, 6.45) is 2.51. The van der Waals surface area contributed by atoms with Crippen LogP contribution < -0.4 is 0 Å². The van der Waals surface area contributed by atoms with Crippen LogP contribution in [0.1, 0.15) is 31.2 Å². The first kappa shape index (κ1) is 17.0. The van der Waals surface area contributed by atoms with Crippen molar-refractivity contribution in [2.45, 2.75) is 32.2 Å². The Bertz CT molecular complexity index is 592. The van der Waals surface area contributed by atoms with Crippen molar-refractivity contribution < 1.29 is 18.3 Å². The Morgan fingerprint density at radius 3 is 2.32 bits per heavy atom. The summed E-state index contributed by atoms with van der Waals surface area (Å²) in [5.74, 6) is -0.884. The summed E-state index contributed by atoms with van der Waals surface area (Å²) >= 11 is 0. The highest BCUT2D eigenvalue weighted by molar-refractivity contribution is 7.89. The molecule has 0 atom stereocenters. The third kappa shape index (κ3) is 4.55. The molecule has 0 amide bonds. The van der Waals surface area contributed by atoms with Gasteiger partial charge in [0.25, 0.3) is 0 Å². The van der Waals surface area contributed by atoms with Crippen LogP contribution in [0.25, 0.3) is 0 Å². The highest BCUT2D eigenvalue weighted by Crippen LogP contribution is 2.30. The number of carbonyl (C=O) groups is 1. The van der Waals surface area contributed by atoms with Gasteiger partial charge in [-0.2, -0.15) is 0 Å². The summed E-state index contributed by atoms with van der Waals surface area (Å²) in [6, 6.07) is 9.50. The SMILES string of the molecule is CN(Cc1ccccc1)S(=O)(=O)CC1CCC(C(=O)O)CC1. The van der Waals surface area contributed by atoms with E-state index in [2.05, 4.69) is 0 Å². The maximum Gasteiger partial charge on any atom is 0.306 e. The summed E-state index contributed by atoms with van der Waals surface area (Å²) in [7, 11) is -1.71. The Balaban J connectivity index is 1.90. The average Bonchev–Trinajstić information content (AvgIpc) is 2.48. The van der Waals surface area contributed by atoms with Crippen LogP contribution in [0.2, 0.25) is 0 Å². The van der Waals surface area contributed by atoms with Gasteiger partial charge in [-0.05, 0) is 37.2 Å². The fraction of sp³-hybridized carbons (Fsp3) is 0.562. The van der Waals surface area contributed by atoms with Gasteiger partial charge in [0.05, 0.1) is 11.7 Å². The van der Waals surface area contributed by atoms with E-state index < -0.39 is 16.0 Å². The molecule has 0 bridgehead atoms. The summed E-state index contributed by atoms with van der Waals surface area (Å²) < 4.78 is 26.3. The standard InChI is InChI=1S/C16H23NO4S/c1-17(11-13-5-3-2-4-6-13)22(20,21)12-14-7-9-15(10-8-14)16(18)19/h2-6,14-15H,7-12H2,1H3,(H,18,19). The first-order chi connectivity index (χ1) is 10.4. The molecule has 1 aromatic rings. The smallest absolute Gasteiger partial charge is 0.306 e. The highest BCUT2D eigenvalue weighted by atomic mass is 32.2. The second-order valence-electron chi connectivity index (χ2n) is 6.08. The van der Waals surface area contributed by atoms with Crippen molar-refractivity contribution in [3.8, 4) is 0 Å². The molecule has 1 saturated carbocycles. The largest absolute Gasteiger partial charge is 0.481 e. The summed E-state index contributed by atoms with van der Waals surface area (Å²) in [5.41, 5.74) is 0.961. The fourth-order valence-corrected chi connectivity index (χ4v) is 4.47. The van der Waals surface area contributed by atoms with Gasteiger partial charge < -0.3 is 5.11 Å². The molecule has 1 aliphatic rings. The van der Waals surface area contributed by atoms with Gasteiger partial charge in [0, 0.05) is 13.6 Å². The molecule has 0 saturated heterocycles. The predicted octanol–water partition coefficient (Wildman–Crippen LogP) is 2.34. The lowest BCUT2D eigenvalue weighted by Gasteiger charge is -2.27. The first-order valence-corrected chi connectivity index (χ1v) is 9.20. The summed E-state index contributed by atoms with van der Waals surface area (Å²) in [6.45, 7) is 0.369. The van der Waals surface area contributed by atoms with Gasteiger partial charge in [-0.15, -0.1) is 0 Å². The topological polar surface area (TPSA) is 74.7 Å². The molecule has 2 rings (SSSR count). The number of hydrogen-bond donors (Lipinski definition) is 1. The molecule has 0 radical (unpaired) electrons. The Labute approximate surface area is 132 Å². The molecular weight excluding hydrogens is 302 g/mol. The molecule has 1 aromatic carbocycles. The van der Waals surface area contributed by atoms with Crippen molar-refractivity contribution in [1.82, 2.24) is 4.31 Å². The molecule has 0 aromatic heterocycles. The Morgan fingerprint density at radius 1 is 1.18 bits per heavy atom. The van der Waals surface area contributed by atoms with Crippen molar-refractivity contribution in [2.75, 3.05) is 12.8 Å². The van der Waals surface area contributed by atoms with Gasteiger partial charge in [0.15, 0.2) is 0 Å². The minimum Gasteiger partial charge on any atom is -0.481 e. The molecule has 0 unspecified atom stereocenters. The van der Waals surface area contributed by atoms with Gasteiger partial charge in [-0.3, -0.25) is 4.79 Å². The zero-order chi connectivity index (χ0) is 16.2. The molecule has 5 nitrogen and oxygen atoms in total. The minimum atomic E-state index is -3.31. The van der Waals surface area contributed by atoms with Gasteiger partial charge in [0.2, 0.25) is 10.0 Å². The van der Waals surface area contributed by atoms with Crippen molar-refractivity contribution >= 4 is 16.0 Å². The number of hydrogen-bond acceptors (Lipinski definition) is 3. The van der Waals surface area contributed by atoms with E-state index in [-0.39, 0.29) is 17.6 Å². The molecule has 0 heterocycles. The van der Waals surface area contributed by atoms with Crippen LogP contribution >= 0.6 is 0 Å². The second kappa shape index (κ2) is 7.24. The lowest BCUT2D eigenvalue weighted by molar-refractivity contribution is -0.143. The van der Waals surface area contributed by atoms with E-state index in [9.17, 15) is 13.2 Å². The number of rotatable bonds is 6. The van der Waals surface area contributed by atoms with E-state index in [1.807, 2.05) is 30.3 Å². The fourth-order valence-electron chi connectivity index (χ4n) is 2.94. The van der Waals surface area contributed by atoms with Crippen molar-refractivity contribution in [1.29, 1.82) is 0 Å². The third-order valence-corrected chi connectivity index (χ3v) is 6.34. The van der Waals surface area contributed by atoms with E-state index in [4.69, 9.17) is 5.11 Å². The van der Waals surface area contributed by atoms with Gasteiger partial charge in [0.1, 0.15) is 0 Å². The lowest BCUT2D eigenvalue weighted by atomic mass is 9.83. The number of nitrogens with zero attached hydrogens (tertiary/aromatic N) is 1. The molecule has 1 aliphatic carbocycles. The normalized spacial score (nSPS) is 22.6.